The Hall–Kier alpha value is -1.82. The van der Waals surface area contributed by atoms with Crippen LogP contribution in [0, 0.1) is 10.1 Å². The molecule has 1 aromatic rings. The molecule has 0 saturated carbocycles. The van der Waals surface area contributed by atoms with Crippen molar-refractivity contribution in [2.45, 2.75) is 6.92 Å². The van der Waals surface area contributed by atoms with Crippen molar-refractivity contribution in [2.75, 3.05) is 19.0 Å². The van der Waals surface area contributed by atoms with Crippen LogP contribution in [0.2, 0.25) is 0 Å². The van der Waals surface area contributed by atoms with Crippen molar-refractivity contribution >= 4 is 23.2 Å². The van der Waals surface area contributed by atoms with Crippen molar-refractivity contribution < 1.29 is 14.5 Å². The Kier molecular flexibility index (Phi) is 5.38. The molecular formula is C11H13ClN2O4. The molecule has 0 fully saturated rings. The first-order valence-electron chi connectivity index (χ1n) is 5.36. The molecule has 98 valence electrons. The van der Waals surface area contributed by atoms with Crippen molar-refractivity contribution in [3.05, 3.63) is 33.9 Å². The first-order chi connectivity index (χ1) is 8.61. The molecule has 0 aliphatic carbocycles. The predicted octanol–water partition coefficient (Wildman–Crippen LogP) is 1.96. The van der Waals surface area contributed by atoms with E-state index in [-0.39, 0.29) is 36.0 Å². The Morgan fingerprint density at radius 2 is 2.28 bits per heavy atom. The summed E-state index contributed by atoms with van der Waals surface area (Å²) < 4.78 is 5.20. The molecule has 0 bridgehead atoms. The Morgan fingerprint density at radius 3 is 2.83 bits per heavy atom. The number of carbonyl (C=O) groups excluding carboxylic acids is 1. The number of halogens is 1. The molecule has 0 aliphatic rings. The molecule has 18 heavy (non-hydrogen) atoms. The van der Waals surface area contributed by atoms with Gasteiger partial charge in [-0.2, -0.15) is 0 Å². The van der Waals surface area contributed by atoms with Crippen molar-refractivity contribution in [3.63, 3.8) is 0 Å². The summed E-state index contributed by atoms with van der Waals surface area (Å²) in [6, 6.07) is 4.21. The topological polar surface area (TPSA) is 81.5 Å². The lowest BCUT2D eigenvalue weighted by Gasteiger charge is -2.10. The predicted molar refractivity (Wildman–Crippen MR) is 67.3 cm³/mol. The maximum Gasteiger partial charge on any atom is 0.311 e. The number of alkyl halides is 1. The Morgan fingerprint density at radius 1 is 1.56 bits per heavy atom. The number of hydrogen-bond acceptors (Lipinski definition) is 4. The molecule has 0 saturated heterocycles. The maximum atomic E-state index is 11.8. The van der Waals surface area contributed by atoms with Gasteiger partial charge in [0.25, 0.3) is 5.91 Å². The second-order valence-corrected chi connectivity index (χ2v) is 3.67. The van der Waals surface area contributed by atoms with Gasteiger partial charge in [-0.15, -0.1) is 11.6 Å². The highest BCUT2D eigenvalue weighted by atomic mass is 35.5. The molecule has 1 amide bonds. The van der Waals surface area contributed by atoms with E-state index in [2.05, 4.69) is 5.32 Å². The lowest BCUT2D eigenvalue weighted by molar-refractivity contribution is -0.385. The van der Waals surface area contributed by atoms with Gasteiger partial charge in [-0.1, -0.05) is 6.07 Å². The molecule has 0 unspecified atom stereocenters. The van der Waals surface area contributed by atoms with Gasteiger partial charge < -0.3 is 10.1 Å². The van der Waals surface area contributed by atoms with Crippen LogP contribution >= 0.6 is 11.6 Å². The summed E-state index contributed by atoms with van der Waals surface area (Å²) in [6.07, 6.45) is 0. The van der Waals surface area contributed by atoms with E-state index in [0.717, 1.165) is 0 Å². The van der Waals surface area contributed by atoms with Gasteiger partial charge in [0.2, 0.25) is 5.75 Å². The molecule has 1 rings (SSSR count). The van der Waals surface area contributed by atoms with Crippen LogP contribution in [0.4, 0.5) is 5.69 Å². The summed E-state index contributed by atoms with van der Waals surface area (Å²) in [4.78, 5) is 22.1. The average Bonchev–Trinajstić information content (AvgIpc) is 2.36. The molecule has 0 aromatic heterocycles. The molecule has 0 aliphatic heterocycles. The maximum absolute atomic E-state index is 11.8. The lowest BCUT2D eigenvalue weighted by atomic mass is 10.1. The summed E-state index contributed by atoms with van der Waals surface area (Å²) in [6.45, 7) is 2.21. The zero-order chi connectivity index (χ0) is 13.5. The largest absolute Gasteiger partial charge is 0.487 e. The fourth-order valence-electron chi connectivity index (χ4n) is 1.40. The summed E-state index contributed by atoms with van der Waals surface area (Å²) >= 11 is 5.46. The zero-order valence-corrected chi connectivity index (χ0v) is 10.6. The third-order valence-corrected chi connectivity index (χ3v) is 2.29. The van der Waals surface area contributed by atoms with Gasteiger partial charge in [0.1, 0.15) is 0 Å². The number of benzene rings is 1. The van der Waals surface area contributed by atoms with Crippen LogP contribution in [0.1, 0.15) is 17.3 Å². The van der Waals surface area contributed by atoms with Gasteiger partial charge >= 0.3 is 5.69 Å². The van der Waals surface area contributed by atoms with Gasteiger partial charge in [-0.25, -0.2) is 0 Å². The Labute approximate surface area is 109 Å². The smallest absolute Gasteiger partial charge is 0.311 e. The van der Waals surface area contributed by atoms with E-state index >= 15 is 0 Å². The zero-order valence-electron chi connectivity index (χ0n) is 9.81. The van der Waals surface area contributed by atoms with Crippen molar-refractivity contribution in [1.82, 2.24) is 5.32 Å². The third-order valence-electron chi connectivity index (χ3n) is 2.10. The van der Waals surface area contributed by atoms with Crippen LogP contribution in [0.5, 0.6) is 5.75 Å². The molecule has 1 N–H and O–H groups in total. The highest BCUT2D eigenvalue weighted by Gasteiger charge is 2.22. The van der Waals surface area contributed by atoms with Gasteiger partial charge in [-0.3, -0.25) is 14.9 Å². The summed E-state index contributed by atoms with van der Waals surface area (Å²) in [7, 11) is 0. The lowest BCUT2D eigenvalue weighted by Crippen LogP contribution is -2.26. The van der Waals surface area contributed by atoms with Crippen LogP contribution in [-0.2, 0) is 0 Å². The number of rotatable bonds is 6. The number of hydrogen-bond donors (Lipinski definition) is 1. The monoisotopic (exact) mass is 272 g/mol. The molecular weight excluding hydrogens is 260 g/mol. The van der Waals surface area contributed by atoms with E-state index in [9.17, 15) is 14.9 Å². The minimum Gasteiger partial charge on any atom is -0.487 e. The van der Waals surface area contributed by atoms with Crippen molar-refractivity contribution in [2.24, 2.45) is 0 Å². The summed E-state index contributed by atoms with van der Waals surface area (Å²) in [5.41, 5.74) is -0.0912. The number of nitro benzene ring substituents is 1. The molecule has 6 nitrogen and oxygen atoms in total. The molecule has 0 radical (unpaired) electrons. The number of carbonyl (C=O) groups is 1. The van der Waals surface area contributed by atoms with E-state index < -0.39 is 10.8 Å². The van der Waals surface area contributed by atoms with E-state index in [0.29, 0.717) is 0 Å². The van der Waals surface area contributed by atoms with Crippen LogP contribution in [0.25, 0.3) is 0 Å². The highest BCUT2D eigenvalue weighted by molar-refractivity contribution is 6.18. The number of ether oxygens (including phenoxy) is 1. The third kappa shape index (κ3) is 3.33. The van der Waals surface area contributed by atoms with Crippen LogP contribution in [0.3, 0.4) is 0 Å². The van der Waals surface area contributed by atoms with E-state index in [1.165, 1.54) is 18.2 Å². The Bertz CT molecular complexity index is 451. The van der Waals surface area contributed by atoms with Crippen molar-refractivity contribution in [1.29, 1.82) is 0 Å². The Balaban J connectivity index is 3.13. The number of para-hydroxylation sites is 1. The normalized spacial score (nSPS) is 9.89. The standard InChI is InChI=1S/C11H13ClN2O4/c1-2-18-10-8(11(15)13-7-6-12)4-3-5-9(10)14(16)17/h3-5H,2,6-7H2,1H3,(H,13,15). The van der Waals surface area contributed by atoms with Crippen molar-refractivity contribution in [3.8, 4) is 5.75 Å². The van der Waals surface area contributed by atoms with E-state index in [1.807, 2.05) is 0 Å². The first kappa shape index (κ1) is 14.2. The molecule has 7 heteroatoms. The number of amides is 1. The first-order valence-corrected chi connectivity index (χ1v) is 5.89. The number of nitrogens with one attached hydrogen (secondary N) is 1. The minimum absolute atomic E-state index is 0.0166. The number of nitrogens with zero attached hydrogens (tertiary/aromatic N) is 1. The van der Waals surface area contributed by atoms with Gasteiger partial charge in [0, 0.05) is 18.5 Å². The van der Waals surface area contributed by atoms with E-state index in [1.54, 1.807) is 6.92 Å². The summed E-state index contributed by atoms with van der Waals surface area (Å²) in [5.74, 6) is -0.190. The summed E-state index contributed by atoms with van der Waals surface area (Å²) in [5, 5.41) is 13.4. The average molecular weight is 273 g/mol. The fourth-order valence-corrected chi connectivity index (χ4v) is 1.49. The molecule has 0 spiro atoms. The fraction of sp³-hybridized carbons (Fsp3) is 0.364. The second-order valence-electron chi connectivity index (χ2n) is 3.29. The minimum atomic E-state index is -0.580. The van der Waals surface area contributed by atoms with Crippen LogP contribution < -0.4 is 10.1 Å². The highest BCUT2D eigenvalue weighted by Crippen LogP contribution is 2.30. The van der Waals surface area contributed by atoms with Gasteiger partial charge in [0.15, 0.2) is 0 Å². The van der Waals surface area contributed by atoms with Gasteiger partial charge in [-0.05, 0) is 13.0 Å². The van der Waals surface area contributed by atoms with Crippen LogP contribution in [-0.4, -0.2) is 29.9 Å². The quantitative estimate of drug-likeness (QED) is 0.488. The van der Waals surface area contributed by atoms with Crippen LogP contribution in [0.15, 0.2) is 18.2 Å². The molecule has 0 heterocycles. The molecule has 1 aromatic carbocycles. The number of nitro groups is 1. The second kappa shape index (κ2) is 6.80. The SMILES string of the molecule is CCOc1c(C(=O)NCCCl)cccc1[N+](=O)[O-]. The molecule has 0 atom stereocenters. The van der Waals surface area contributed by atoms with E-state index in [4.69, 9.17) is 16.3 Å². The van der Waals surface area contributed by atoms with Gasteiger partial charge in [0.05, 0.1) is 17.1 Å².